The Morgan fingerprint density at radius 2 is 2.10 bits per heavy atom. The quantitative estimate of drug-likeness (QED) is 0.690. The minimum absolute atomic E-state index is 0.0378. The van der Waals surface area contributed by atoms with Gasteiger partial charge in [0.25, 0.3) is 0 Å². The number of nitrogens with one attached hydrogen (secondary N) is 1. The van der Waals surface area contributed by atoms with Gasteiger partial charge in [-0.3, -0.25) is 4.79 Å². The van der Waals surface area contributed by atoms with Crippen molar-refractivity contribution in [2.45, 2.75) is 49.6 Å². The highest BCUT2D eigenvalue weighted by Crippen LogP contribution is 2.33. The summed E-state index contributed by atoms with van der Waals surface area (Å²) in [5, 5.41) is 11.2. The fourth-order valence-electron chi connectivity index (χ4n) is 3.90. The van der Waals surface area contributed by atoms with E-state index in [1.807, 2.05) is 4.90 Å². The van der Waals surface area contributed by atoms with Crippen LogP contribution in [0.15, 0.2) is 9.95 Å². The highest BCUT2D eigenvalue weighted by Gasteiger charge is 2.44. The van der Waals surface area contributed by atoms with Crippen LogP contribution >= 0.6 is 11.8 Å². The summed E-state index contributed by atoms with van der Waals surface area (Å²) < 4.78 is 39.4. The number of nitrogens with zero attached hydrogens (tertiary/aromatic N) is 5. The van der Waals surface area contributed by atoms with Gasteiger partial charge >= 0.3 is 12.1 Å². The molecule has 1 N–H and O–H groups in total. The second kappa shape index (κ2) is 7.69. The summed E-state index contributed by atoms with van der Waals surface area (Å²) in [5.74, 6) is -2.41. The number of piperazine rings is 1. The monoisotopic (exact) mass is 444 g/mol. The molecule has 0 radical (unpaired) electrons. The smallest absolute Gasteiger partial charge is 0.361 e. The first kappa shape index (κ1) is 20.8. The third-order valence-corrected chi connectivity index (χ3v) is 5.94. The second-order valence-electron chi connectivity index (χ2n) is 7.02. The van der Waals surface area contributed by atoms with E-state index < -0.39 is 17.6 Å². The lowest BCUT2D eigenvalue weighted by atomic mass is 9.83. The van der Waals surface area contributed by atoms with Crippen LogP contribution in [0, 0.1) is 0 Å². The van der Waals surface area contributed by atoms with E-state index in [2.05, 4.69) is 25.3 Å². The molecule has 1 saturated carbocycles. The maximum atomic E-state index is 13.4. The van der Waals surface area contributed by atoms with Gasteiger partial charge in [-0.2, -0.15) is 17.9 Å². The molecule has 0 amide bonds. The standard InChI is InChI=1S/C17H19F3N6O3S/c1-3-9-12(25-7-6-21-8-4-5-10(8)25)13(27)11-14(23-24-16(22-11)30-2)26(9)29-15(28)17(18,19)20/h8,10,21H,3-7H2,1-2H3/t8-,10-/m0/s1. The van der Waals surface area contributed by atoms with Gasteiger partial charge in [-0.1, -0.05) is 18.7 Å². The summed E-state index contributed by atoms with van der Waals surface area (Å²) >= 11 is 1.14. The molecule has 2 aromatic heterocycles. The van der Waals surface area contributed by atoms with E-state index in [-0.39, 0.29) is 46.2 Å². The molecule has 0 aromatic carbocycles. The number of carbonyl (C=O) groups excluding carboxylic acids is 1. The molecule has 1 aliphatic heterocycles. The molecule has 162 valence electrons. The molecule has 2 aliphatic rings. The number of anilines is 1. The van der Waals surface area contributed by atoms with Gasteiger partial charge in [-0.15, -0.1) is 10.2 Å². The van der Waals surface area contributed by atoms with E-state index in [1.165, 1.54) is 0 Å². The summed E-state index contributed by atoms with van der Waals surface area (Å²) in [6.45, 7) is 2.79. The van der Waals surface area contributed by atoms with Crippen LogP contribution in [0.3, 0.4) is 0 Å². The van der Waals surface area contributed by atoms with Crippen molar-refractivity contribution in [3.05, 3.63) is 15.9 Å². The van der Waals surface area contributed by atoms with Gasteiger partial charge in [0.05, 0.1) is 5.69 Å². The van der Waals surface area contributed by atoms with Crippen molar-refractivity contribution in [1.29, 1.82) is 0 Å². The highest BCUT2D eigenvalue weighted by molar-refractivity contribution is 7.98. The molecule has 0 spiro atoms. The van der Waals surface area contributed by atoms with Gasteiger partial charge in [-0.25, -0.2) is 9.78 Å². The number of halogens is 3. The van der Waals surface area contributed by atoms with Crippen molar-refractivity contribution in [2.24, 2.45) is 0 Å². The van der Waals surface area contributed by atoms with Crippen molar-refractivity contribution in [3.63, 3.8) is 0 Å². The third kappa shape index (κ3) is 3.39. The topological polar surface area (TPSA) is 102 Å². The van der Waals surface area contributed by atoms with Crippen LogP contribution in [0.25, 0.3) is 11.2 Å². The summed E-state index contributed by atoms with van der Waals surface area (Å²) in [7, 11) is 0. The zero-order valence-corrected chi connectivity index (χ0v) is 17.0. The van der Waals surface area contributed by atoms with E-state index in [1.54, 1.807) is 13.2 Å². The Labute approximate surface area is 172 Å². The number of alkyl halides is 3. The van der Waals surface area contributed by atoms with Crippen molar-refractivity contribution in [1.82, 2.24) is 25.2 Å². The molecule has 13 heteroatoms. The molecule has 1 aliphatic carbocycles. The minimum Gasteiger partial charge on any atom is -0.361 e. The Balaban J connectivity index is 1.97. The fraction of sp³-hybridized carbons (Fsp3) is 0.588. The molecule has 2 atom stereocenters. The number of rotatable bonds is 4. The van der Waals surface area contributed by atoms with E-state index >= 15 is 0 Å². The van der Waals surface area contributed by atoms with Gasteiger partial charge in [0, 0.05) is 25.2 Å². The molecule has 2 fully saturated rings. The van der Waals surface area contributed by atoms with Crippen molar-refractivity contribution < 1.29 is 22.8 Å². The van der Waals surface area contributed by atoms with Crippen LogP contribution in [0.1, 0.15) is 25.5 Å². The van der Waals surface area contributed by atoms with E-state index in [9.17, 15) is 22.8 Å². The normalized spacial score (nSPS) is 21.3. The Morgan fingerprint density at radius 1 is 1.33 bits per heavy atom. The number of thioether (sulfide) groups is 1. The minimum atomic E-state index is -5.21. The SMILES string of the molecule is CCc1c(N2CCN[C@H]3CC[C@@H]32)c(=O)c2nc(SC)nnc2n1OC(=O)C(F)(F)F. The number of pyridine rings is 1. The lowest BCUT2D eigenvalue weighted by Gasteiger charge is -2.50. The highest BCUT2D eigenvalue weighted by atomic mass is 32.2. The number of aromatic nitrogens is 4. The molecular weight excluding hydrogens is 425 g/mol. The molecule has 0 unspecified atom stereocenters. The summed E-state index contributed by atoms with van der Waals surface area (Å²) in [4.78, 5) is 35.8. The van der Waals surface area contributed by atoms with Crippen LogP contribution in [-0.2, 0) is 11.2 Å². The van der Waals surface area contributed by atoms with Crippen molar-refractivity contribution in [3.8, 4) is 0 Å². The number of hydrogen-bond acceptors (Lipinski definition) is 9. The van der Waals surface area contributed by atoms with Gasteiger partial charge in [0.15, 0.2) is 5.52 Å². The van der Waals surface area contributed by atoms with Gasteiger partial charge in [0.1, 0.15) is 5.69 Å². The summed E-state index contributed by atoms with van der Waals surface area (Å²) in [6, 6.07) is 0.241. The average molecular weight is 444 g/mol. The molecule has 4 rings (SSSR count). The Bertz CT molecular complexity index is 1060. The number of fused-ring (bicyclic) bond motifs is 2. The first-order chi connectivity index (χ1) is 14.3. The van der Waals surface area contributed by atoms with Crippen molar-refractivity contribution in [2.75, 3.05) is 24.2 Å². The number of hydrogen-bond donors (Lipinski definition) is 1. The molecule has 9 nitrogen and oxygen atoms in total. The molecular formula is C17H19F3N6O3S. The first-order valence-corrected chi connectivity index (χ1v) is 10.6. The van der Waals surface area contributed by atoms with Crippen LogP contribution in [0.4, 0.5) is 18.9 Å². The van der Waals surface area contributed by atoms with E-state index in [0.29, 0.717) is 17.8 Å². The lowest BCUT2D eigenvalue weighted by molar-refractivity contribution is -0.199. The largest absolute Gasteiger partial charge is 0.493 e. The van der Waals surface area contributed by atoms with Gasteiger partial charge in [-0.05, 0) is 25.5 Å². The van der Waals surface area contributed by atoms with Crippen molar-refractivity contribution >= 4 is 34.6 Å². The number of carbonyl (C=O) groups is 1. The maximum absolute atomic E-state index is 13.4. The Hall–Kier alpha value is -2.41. The Morgan fingerprint density at radius 3 is 2.70 bits per heavy atom. The van der Waals surface area contributed by atoms with Gasteiger partial charge in [0.2, 0.25) is 16.2 Å². The predicted octanol–water partition coefficient (Wildman–Crippen LogP) is 0.929. The van der Waals surface area contributed by atoms with Gasteiger partial charge < -0.3 is 15.1 Å². The summed E-state index contributed by atoms with van der Waals surface area (Å²) in [5.41, 5.74) is -0.643. The van der Waals surface area contributed by atoms with Crippen LogP contribution in [-0.4, -0.2) is 63.5 Å². The maximum Gasteiger partial charge on any atom is 0.493 e. The molecule has 30 heavy (non-hydrogen) atoms. The van der Waals surface area contributed by atoms with Crippen LogP contribution in [0.5, 0.6) is 0 Å². The Kier molecular flexibility index (Phi) is 5.34. The third-order valence-electron chi connectivity index (χ3n) is 5.40. The lowest BCUT2D eigenvalue weighted by Crippen LogP contribution is -2.64. The summed E-state index contributed by atoms with van der Waals surface area (Å²) in [6.07, 6.45) is -1.60. The van der Waals surface area contributed by atoms with E-state index in [0.717, 1.165) is 24.6 Å². The second-order valence-corrected chi connectivity index (χ2v) is 7.79. The zero-order chi connectivity index (χ0) is 21.6. The molecule has 2 aromatic rings. The van der Waals surface area contributed by atoms with Crippen LogP contribution < -0.4 is 20.5 Å². The average Bonchev–Trinajstić information content (AvgIpc) is 2.69. The van der Waals surface area contributed by atoms with E-state index in [4.69, 9.17) is 0 Å². The fourth-order valence-corrected chi connectivity index (χ4v) is 4.20. The zero-order valence-electron chi connectivity index (χ0n) is 16.2. The molecule has 1 saturated heterocycles. The van der Waals surface area contributed by atoms with Crippen LogP contribution in [0.2, 0.25) is 0 Å². The molecule has 3 heterocycles. The first-order valence-electron chi connectivity index (χ1n) is 9.42. The molecule has 0 bridgehead atoms. The predicted molar refractivity (Wildman–Crippen MR) is 103 cm³/mol.